The number of nitrogens with one attached hydrogen (secondary N) is 1. The highest BCUT2D eigenvalue weighted by atomic mass is 32.1. The third kappa shape index (κ3) is 3.00. The second kappa shape index (κ2) is 5.24. The van der Waals surface area contributed by atoms with Gasteiger partial charge in [-0.1, -0.05) is 6.07 Å². The van der Waals surface area contributed by atoms with Crippen molar-refractivity contribution in [3.8, 4) is 0 Å². The molecule has 19 heavy (non-hydrogen) atoms. The van der Waals surface area contributed by atoms with Gasteiger partial charge in [-0.25, -0.2) is 0 Å². The lowest BCUT2D eigenvalue weighted by molar-refractivity contribution is 0.0996. The van der Waals surface area contributed by atoms with E-state index in [0.29, 0.717) is 16.8 Å². The number of nitrogens with two attached hydrogens (primary N) is 1. The number of carbonyl (C=O) groups excluding carboxylic acids is 2. The molecule has 0 saturated carbocycles. The Hall–Kier alpha value is -2.14. The van der Waals surface area contributed by atoms with Crippen LogP contribution in [0.2, 0.25) is 0 Å². The molecule has 2 aromatic rings. The Balaban J connectivity index is 2.21. The van der Waals surface area contributed by atoms with Crippen LogP contribution < -0.4 is 11.1 Å². The SMILES string of the molecule is Cc1cc(C(=O)Nc2cccc(C(N)=O)c2)c(C)s1. The predicted octanol–water partition coefficient (Wildman–Crippen LogP) is 2.72. The van der Waals surface area contributed by atoms with Crippen LogP contribution in [0.15, 0.2) is 30.3 Å². The summed E-state index contributed by atoms with van der Waals surface area (Å²) in [6.07, 6.45) is 0. The normalized spacial score (nSPS) is 10.2. The summed E-state index contributed by atoms with van der Waals surface area (Å²) in [5, 5.41) is 2.77. The van der Waals surface area contributed by atoms with Crippen LogP contribution in [-0.4, -0.2) is 11.8 Å². The van der Waals surface area contributed by atoms with Gasteiger partial charge < -0.3 is 11.1 Å². The molecule has 0 bridgehead atoms. The van der Waals surface area contributed by atoms with Crippen molar-refractivity contribution in [1.29, 1.82) is 0 Å². The number of primary amides is 1. The third-order valence-electron chi connectivity index (χ3n) is 2.69. The minimum Gasteiger partial charge on any atom is -0.366 e. The van der Waals surface area contributed by atoms with Crippen LogP contribution in [0, 0.1) is 13.8 Å². The molecule has 0 fully saturated rings. The summed E-state index contributed by atoms with van der Waals surface area (Å²) < 4.78 is 0. The molecule has 1 heterocycles. The van der Waals surface area contributed by atoms with Crippen molar-refractivity contribution >= 4 is 28.8 Å². The minimum atomic E-state index is -0.515. The first kappa shape index (κ1) is 13.3. The molecule has 0 atom stereocenters. The maximum atomic E-state index is 12.1. The summed E-state index contributed by atoms with van der Waals surface area (Å²) in [4.78, 5) is 25.3. The van der Waals surface area contributed by atoms with Gasteiger partial charge in [0.05, 0.1) is 5.56 Å². The summed E-state index contributed by atoms with van der Waals surface area (Å²) in [5.74, 6) is -0.692. The molecule has 0 saturated heterocycles. The lowest BCUT2D eigenvalue weighted by Crippen LogP contribution is -2.14. The van der Waals surface area contributed by atoms with Gasteiger partial charge in [-0.2, -0.15) is 0 Å². The number of thiophene rings is 1. The lowest BCUT2D eigenvalue weighted by Gasteiger charge is -2.05. The van der Waals surface area contributed by atoms with Crippen LogP contribution in [0.25, 0.3) is 0 Å². The van der Waals surface area contributed by atoms with Gasteiger partial charge in [-0.3, -0.25) is 9.59 Å². The highest BCUT2D eigenvalue weighted by Crippen LogP contribution is 2.22. The van der Waals surface area contributed by atoms with Gasteiger partial charge in [0.2, 0.25) is 5.91 Å². The highest BCUT2D eigenvalue weighted by molar-refractivity contribution is 7.12. The Morgan fingerprint density at radius 3 is 2.53 bits per heavy atom. The van der Waals surface area contributed by atoms with E-state index in [9.17, 15) is 9.59 Å². The molecule has 0 aliphatic heterocycles. The van der Waals surface area contributed by atoms with Gasteiger partial charge in [0, 0.05) is 21.0 Å². The van der Waals surface area contributed by atoms with Crippen LogP contribution in [0.4, 0.5) is 5.69 Å². The Kier molecular flexibility index (Phi) is 3.66. The zero-order valence-corrected chi connectivity index (χ0v) is 11.5. The second-order valence-electron chi connectivity index (χ2n) is 4.23. The molecule has 98 valence electrons. The first-order valence-corrected chi connectivity index (χ1v) is 6.57. The van der Waals surface area contributed by atoms with Crippen molar-refractivity contribution in [1.82, 2.24) is 0 Å². The number of hydrogen-bond acceptors (Lipinski definition) is 3. The van der Waals surface area contributed by atoms with Crippen molar-refractivity contribution in [3.05, 3.63) is 51.2 Å². The number of aryl methyl sites for hydroxylation is 2. The molecule has 2 amide bonds. The topological polar surface area (TPSA) is 72.2 Å². The van der Waals surface area contributed by atoms with Crippen molar-refractivity contribution in [2.24, 2.45) is 5.73 Å². The molecular formula is C14H14N2O2S. The van der Waals surface area contributed by atoms with Gasteiger partial charge in [0.15, 0.2) is 0 Å². The van der Waals surface area contributed by atoms with Crippen molar-refractivity contribution in [2.75, 3.05) is 5.32 Å². The minimum absolute atomic E-state index is 0.177. The van der Waals surface area contributed by atoms with E-state index in [1.807, 2.05) is 19.9 Å². The van der Waals surface area contributed by atoms with E-state index in [0.717, 1.165) is 9.75 Å². The van der Waals surface area contributed by atoms with Gasteiger partial charge in [-0.05, 0) is 38.1 Å². The summed E-state index contributed by atoms with van der Waals surface area (Å²) in [6, 6.07) is 8.43. The largest absolute Gasteiger partial charge is 0.366 e. The zero-order valence-electron chi connectivity index (χ0n) is 10.7. The fourth-order valence-corrected chi connectivity index (χ4v) is 2.73. The van der Waals surface area contributed by atoms with Crippen LogP contribution in [0.5, 0.6) is 0 Å². The van der Waals surface area contributed by atoms with E-state index in [1.54, 1.807) is 35.6 Å². The highest BCUT2D eigenvalue weighted by Gasteiger charge is 2.12. The number of benzene rings is 1. The fourth-order valence-electron chi connectivity index (χ4n) is 1.80. The fraction of sp³-hybridized carbons (Fsp3) is 0.143. The molecule has 1 aromatic carbocycles. The second-order valence-corrected chi connectivity index (χ2v) is 5.69. The van der Waals surface area contributed by atoms with Gasteiger partial charge in [-0.15, -0.1) is 11.3 Å². The van der Waals surface area contributed by atoms with Gasteiger partial charge in [0.25, 0.3) is 5.91 Å². The van der Waals surface area contributed by atoms with Crippen molar-refractivity contribution in [3.63, 3.8) is 0 Å². The Morgan fingerprint density at radius 2 is 1.95 bits per heavy atom. The van der Waals surface area contributed by atoms with E-state index in [4.69, 9.17) is 5.73 Å². The molecule has 0 spiro atoms. The first-order chi connectivity index (χ1) is 8.97. The number of carbonyl (C=O) groups is 2. The van der Waals surface area contributed by atoms with Crippen LogP contribution in [-0.2, 0) is 0 Å². The van der Waals surface area contributed by atoms with E-state index < -0.39 is 5.91 Å². The molecule has 0 unspecified atom stereocenters. The zero-order chi connectivity index (χ0) is 14.0. The van der Waals surface area contributed by atoms with Crippen molar-refractivity contribution in [2.45, 2.75) is 13.8 Å². The molecule has 0 aliphatic carbocycles. The smallest absolute Gasteiger partial charge is 0.256 e. The predicted molar refractivity (Wildman–Crippen MR) is 76.7 cm³/mol. The summed E-state index contributed by atoms with van der Waals surface area (Å²) in [6.45, 7) is 3.87. The average Bonchev–Trinajstić information content (AvgIpc) is 2.69. The van der Waals surface area contributed by atoms with Gasteiger partial charge >= 0.3 is 0 Å². The molecule has 4 nitrogen and oxygen atoms in total. The van der Waals surface area contributed by atoms with Crippen molar-refractivity contribution < 1.29 is 9.59 Å². The molecular weight excluding hydrogens is 260 g/mol. The summed E-state index contributed by atoms with van der Waals surface area (Å²) in [7, 11) is 0. The number of hydrogen-bond donors (Lipinski definition) is 2. The summed E-state index contributed by atoms with van der Waals surface area (Å²) >= 11 is 1.58. The van der Waals surface area contributed by atoms with E-state index in [-0.39, 0.29) is 5.91 Å². The Labute approximate surface area is 115 Å². The number of anilines is 1. The van der Waals surface area contributed by atoms with Gasteiger partial charge in [0.1, 0.15) is 0 Å². The maximum Gasteiger partial charge on any atom is 0.256 e. The van der Waals surface area contributed by atoms with Crippen LogP contribution in [0.3, 0.4) is 0 Å². The average molecular weight is 274 g/mol. The lowest BCUT2D eigenvalue weighted by atomic mass is 10.2. The number of amides is 2. The Morgan fingerprint density at radius 1 is 1.21 bits per heavy atom. The molecule has 2 rings (SSSR count). The number of rotatable bonds is 3. The van der Waals surface area contributed by atoms with Crippen LogP contribution in [0.1, 0.15) is 30.5 Å². The van der Waals surface area contributed by atoms with E-state index in [1.165, 1.54) is 0 Å². The summed E-state index contributed by atoms with van der Waals surface area (Å²) in [5.41, 5.74) is 6.79. The Bertz CT molecular complexity index is 647. The molecule has 5 heteroatoms. The monoisotopic (exact) mass is 274 g/mol. The molecule has 3 N–H and O–H groups in total. The van der Waals surface area contributed by atoms with E-state index >= 15 is 0 Å². The molecule has 1 aromatic heterocycles. The van der Waals surface area contributed by atoms with E-state index in [2.05, 4.69) is 5.32 Å². The molecule has 0 radical (unpaired) electrons. The quantitative estimate of drug-likeness (QED) is 0.903. The third-order valence-corrected chi connectivity index (χ3v) is 3.66. The standard InChI is InChI=1S/C14H14N2O2S/c1-8-6-12(9(2)19-8)14(18)16-11-5-3-4-10(7-11)13(15)17/h3-7H,1-2H3,(H2,15,17)(H,16,18). The molecule has 0 aliphatic rings. The van der Waals surface area contributed by atoms with Crippen LogP contribution >= 0.6 is 11.3 Å². The first-order valence-electron chi connectivity index (χ1n) is 5.75. The maximum absolute atomic E-state index is 12.1.